The highest BCUT2D eigenvalue weighted by molar-refractivity contribution is 5.97. The molecule has 2 aromatic rings. The molecule has 0 aliphatic rings. The molecule has 7 nitrogen and oxygen atoms in total. The molecular weight excluding hydrogens is 262 g/mol. The molecule has 0 aliphatic heterocycles. The average molecular weight is 277 g/mol. The molecule has 7 heteroatoms. The van der Waals surface area contributed by atoms with Crippen LogP contribution in [0.25, 0.3) is 10.9 Å². The quantitative estimate of drug-likeness (QED) is 0.636. The van der Waals surface area contributed by atoms with Crippen LogP contribution in [-0.2, 0) is 4.79 Å². The Kier molecular flexibility index (Phi) is 3.71. The summed E-state index contributed by atoms with van der Waals surface area (Å²) in [5.74, 6) is -1.50. The van der Waals surface area contributed by atoms with Crippen molar-refractivity contribution in [2.45, 2.75) is 18.9 Å². The Labute approximate surface area is 114 Å². The Bertz CT molecular complexity index is 648. The van der Waals surface area contributed by atoms with E-state index in [2.05, 4.69) is 15.5 Å². The number of aliphatic carboxylic acids is 1. The first-order chi connectivity index (χ1) is 9.37. The van der Waals surface area contributed by atoms with E-state index in [9.17, 15) is 14.7 Å². The number of amides is 1. The van der Waals surface area contributed by atoms with E-state index in [-0.39, 0.29) is 12.5 Å². The van der Waals surface area contributed by atoms with E-state index in [1.54, 1.807) is 24.4 Å². The number of hydrogen-bond acceptors (Lipinski definition) is 4. The Morgan fingerprint density at radius 2 is 2.20 bits per heavy atom. The van der Waals surface area contributed by atoms with E-state index in [0.29, 0.717) is 5.56 Å². The Morgan fingerprint density at radius 3 is 2.90 bits per heavy atom. The normalized spacial score (nSPS) is 13.9. The van der Waals surface area contributed by atoms with Gasteiger partial charge in [-0.3, -0.25) is 14.7 Å². The van der Waals surface area contributed by atoms with Gasteiger partial charge in [-0.2, -0.15) is 5.10 Å². The second-order valence-electron chi connectivity index (χ2n) is 4.92. The van der Waals surface area contributed by atoms with E-state index in [1.807, 2.05) is 0 Å². The molecular formula is C13H15N3O4. The van der Waals surface area contributed by atoms with Crippen molar-refractivity contribution in [3.63, 3.8) is 0 Å². The number of carboxylic acids is 1. The molecule has 1 atom stereocenters. The van der Waals surface area contributed by atoms with Crippen molar-refractivity contribution in [1.82, 2.24) is 15.5 Å². The van der Waals surface area contributed by atoms with Gasteiger partial charge in [-0.15, -0.1) is 0 Å². The molecule has 106 valence electrons. The van der Waals surface area contributed by atoms with Gasteiger partial charge in [0.15, 0.2) is 0 Å². The lowest BCUT2D eigenvalue weighted by atomic mass is 10.0. The Balaban J connectivity index is 2.02. The maximum atomic E-state index is 11.9. The third-order valence-corrected chi connectivity index (χ3v) is 2.87. The van der Waals surface area contributed by atoms with Crippen LogP contribution in [0.1, 0.15) is 23.7 Å². The molecule has 0 bridgehead atoms. The minimum absolute atomic E-state index is 0.140. The lowest BCUT2D eigenvalue weighted by molar-refractivity contribution is -0.141. The van der Waals surface area contributed by atoms with Crippen LogP contribution < -0.4 is 5.32 Å². The zero-order chi connectivity index (χ0) is 14.8. The standard InChI is InChI=1S/C13H15N3O4/c1-13(20,5-11(17)18)7-14-12(19)8-2-3-9-6-15-16-10(9)4-8/h2-4,6,20H,5,7H2,1H3,(H,14,19)(H,15,16)(H,17,18). The Hall–Kier alpha value is -2.41. The highest BCUT2D eigenvalue weighted by Gasteiger charge is 2.25. The molecule has 0 saturated heterocycles. The van der Waals surface area contributed by atoms with Gasteiger partial charge in [0.2, 0.25) is 0 Å². The topological polar surface area (TPSA) is 115 Å². The maximum Gasteiger partial charge on any atom is 0.306 e. The fraction of sp³-hybridized carbons (Fsp3) is 0.308. The number of aromatic amines is 1. The number of aromatic nitrogens is 2. The number of nitrogens with zero attached hydrogens (tertiary/aromatic N) is 1. The lowest BCUT2D eigenvalue weighted by Gasteiger charge is -2.21. The number of hydrogen-bond donors (Lipinski definition) is 4. The molecule has 20 heavy (non-hydrogen) atoms. The third-order valence-electron chi connectivity index (χ3n) is 2.87. The van der Waals surface area contributed by atoms with Crippen molar-refractivity contribution in [2.24, 2.45) is 0 Å². The molecule has 4 N–H and O–H groups in total. The summed E-state index contributed by atoms with van der Waals surface area (Å²) in [6, 6.07) is 5.03. The highest BCUT2D eigenvalue weighted by atomic mass is 16.4. The number of carboxylic acid groups (broad SMARTS) is 1. The summed E-state index contributed by atoms with van der Waals surface area (Å²) < 4.78 is 0. The summed E-state index contributed by atoms with van der Waals surface area (Å²) in [4.78, 5) is 22.5. The molecule has 1 aromatic carbocycles. The van der Waals surface area contributed by atoms with Crippen LogP contribution in [0, 0.1) is 0 Å². The van der Waals surface area contributed by atoms with Crippen LogP contribution >= 0.6 is 0 Å². The van der Waals surface area contributed by atoms with Crippen molar-refractivity contribution in [3.8, 4) is 0 Å². The number of benzene rings is 1. The van der Waals surface area contributed by atoms with E-state index < -0.39 is 18.0 Å². The number of nitrogens with one attached hydrogen (secondary N) is 2. The van der Waals surface area contributed by atoms with E-state index in [1.165, 1.54) is 6.92 Å². The van der Waals surface area contributed by atoms with Gasteiger partial charge >= 0.3 is 5.97 Å². The van der Waals surface area contributed by atoms with Gasteiger partial charge in [-0.05, 0) is 19.1 Å². The van der Waals surface area contributed by atoms with Crippen LogP contribution in [-0.4, -0.2) is 44.4 Å². The number of rotatable bonds is 5. The van der Waals surface area contributed by atoms with Crippen LogP contribution in [0.2, 0.25) is 0 Å². The van der Waals surface area contributed by atoms with Gasteiger partial charge in [0.05, 0.1) is 23.7 Å². The molecule has 1 aromatic heterocycles. The molecule has 2 rings (SSSR count). The average Bonchev–Trinajstić information content (AvgIpc) is 2.81. The number of carbonyl (C=O) groups is 2. The van der Waals surface area contributed by atoms with Gasteiger partial charge in [0.25, 0.3) is 5.91 Å². The first-order valence-corrected chi connectivity index (χ1v) is 6.03. The maximum absolute atomic E-state index is 11.9. The lowest BCUT2D eigenvalue weighted by Crippen LogP contribution is -2.42. The minimum atomic E-state index is -1.49. The van der Waals surface area contributed by atoms with Gasteiger partial charge in [0, 0.05) is 17.5 Å². The smallest absolute Gasteiger partial charge is 0.306 e. The summed E-state index contributed by atoms with van der Waals surface area (Å²) in [6.07, 6.45) is 1.21. The summed E-state index contributed by atoms with van der Waals surface area (Å²) in [7, 11) is 0. The zero-order valence-corrected chi connectivity index (χ0v) is 10.9. The predicted molar refractivity (Wildman–Crippen MR) is 71.3 cm³/mol. The van der Waals surface area contributed by atoms with E-state index in [0.717, 1.165) is 10.9 Å². The first-order valence-electron chi connectivity index (χ1n) is 6.03. The summed E-state index contributed by atoms with van der Waals surface area (Å²) in [5.41, 5.74) is -0.345. The molecule has 1 heterocycles. The molecule has 0 radical (unpaired) electrons. The Morgan fingerprint density at radius 1 is 1.45 bits per heavy atom. The molecule has 0 saturated carbocycles. The predicted octanol–water partition coefficient (Wildman–Crippen LogP) is 0.518. The van der Waals surface area contributed by atoms with Crippen molar-refractivity contribution < 1.29 is 19.8 Å². The number of aliphatic hydroxyl groups is 1. The van der Waals surface area contributed by atoms with Crippen molar-refractivity contribution >= 4 is 22.8 Å². The van der Waals surface area contributed by atoms with E-state index >= 15 is 0 Å². The fourth-order valence-electron chi connectivity index (χ4n) is 1.84. The fourth-order valence-corrected chi connectivity index (χ4v) is 1.84. The second kappa shape index (κ2) is 5.30. The van der Waals surface area contributed by atoms with Gasteiger partial charge in [-0.1, -0.05) is 6.07 Å². The molecule has 0 fully saturated rings. The monoisotopic (exact) mass is 277 g/mol. The first kappa shape index (κ1) is 14.0. The molecule has 1 amide bonds. The zero-order valence-electron chi connectivity index (χ0n) is 10.9. The molecule has 0 spiro atoms. The van der Waals surface area contributed by atoms with Crippen LogP contribution in [0.5, 0.6) is 0 Å². The SMILES string of the molecule is CC(O)(CNC(=O)c1ccc2cn[nH]c2c1)CC(=O)O. The molecule has 0 aliphatic carbocycles. The summed E-state index contributed by atoms with van der Waals surface area (Å²) in [6.45, 7) is 1.22. The number of carbonyl (C=O) groups excluding carboxylic acids is 1. The number of fused-ring (bicyclic) bond motifs is 1. The van der Waals surface area contributed by atoms with Gasteiger partial charge in [-0.25, -0.2) is 0 Å². The van der Waals surface area contributed by atoms with E-state index in [4.69, 9.17) is 5.11 Å². The van der Waals surface area contributed by atoms with Crippen molar-refractivity contribution in [1.29, 1.82) is 0 Å². The third kappa shape index (κ3) is 3.33. The highest BCUT2D eigenvalue weighted by Crippen LogP contribution is 2.13. The van der Waals surface area contributed by atoms with Crippen LogP contribution in [0.3, 0.4) is 0 Å². The van der Waals surface area contributed by atoms with Gasteiger partial charge < -0.3 is 15.5 Å². The van der Waals surface area contributed by atoms with Gasteiger partial charge in [0.1, 0.15) is 0 Å². The summed E-state index contributed by atoms with van der Waals surface area (Å²) in [5, 5.41) is 28.5. The molecule has 1 unspecified atom stereocenters. The van der Waals surface area contributed by atoms with Crippen molar-refractivity contribution in [3.05, 3.63) is 30.0 Å². The van der Waals surface area contributed by atoms with Crippen LogP contribution in [0.15, 0.2) is 24.4 Å². The largest absolute Gasteiger partial charge is 0.481 e. The minimum Gasteiger partial charge on any atom is -0.481 e. The number of H-pyrrole nitrogens is 1. The van der Waals surface area contributed by atoms with Crippen molar-refractivity contribution in [2.75, 3.05) is 6.54 Å². The second-order valence-corrected chi connectivity index (χ2v) is 4.92. The summed E-state index contributed by atoms with van der Waals surface area (Å²) >= 11 is 0. The van der Waals surface area contributed by atoms with Crippen LogP contribution in [0.4, 0.5) is 0 Å².